The number of carbonyl (C=O) groups is 3. The second kappa shape index (κ2) is 11.8. The van der Waals surface area contributed by atoms with Crippen molar-refractivity contribution in [2.45, 2.75) is 26.2 Å². The highest BCUT2D eigenvalue weighted by atomic mass is 16.5. The molecule has 0 aliphatic rings. The third-order valence-corrected chi connectivity index (χ3v) is 6.29. The molecule has 218 valence electrons. The number of esters is 1. The van der Waals surface area contributed by atoms with E-state index in [1.54, 1.807) is 0 Å². The van der Waals surface area contributed by atoms with E-state index in [4.69, 9.17) is 14.9 Å². The van der Waals surface area contributed by atoms with Crippen LogP contribution in [0.4, 0.5) is 5.69 Å². The fourth-order valence-corrected chi connectivity index (χ4v) is 4.13. The highest BCUT2D eigenvalue weighted by molar-refractivity contribution is 6.09. The van der Waals surface area contributed by atoms with E-state index in [1.807, 2.05) is 0 Å². The minimum atomic E-state index is -0.951. The smallest absolute Gasteiger partial charge is 0.343 e. The molecule has 0 aliphatic heterocycles. The molecule has 2 amide bonds. The zero-order chi connectivity index (χ0) is 30.7. The topological polar surface area (TPSA) is 227 Å². The Morgan fingerprint density at radius 3 is 2.21 bits per heavy atom. The van der Waals surface area contributed by atoms with Crippen LogP contribution in [0.25, 0.3) is 0 Å². The summed E-state index contributed by atoms with van der Waals surface area (Å²) < 4.78 is 11.9. The molecule has 0 atom stereocenters. The molecule has 0 aliphatic carbocycles. The highest BCUT2D eigenvalue weighted by Gasteiger charge is 2.24. The number of aryl methyl sites for hydroxylation is 4. The van der Waals surface area contributed by atoms with E-state index >= 15 is 0 Å². The van der Waals surface area contributed by atoms with Crippen molar-refractivity contribution in [3.8, 4) is 28.7 Å². The first-order chi connectivity index (χ1) is 19.9. The van der Waals surface area contributed by atoms with Crippen molar-refractivity contribution in [3.63, 3.8) is 0 Å². The summed E-state index contributed by atoms with van der Waals surface area (Å²) in [6, 6.07) is 6.77. The summed E-state index contributed by atoms with van der Waals surface area (Å²) in [5.41, 5.74) is 5.23. The van der Waals surface area contributed by atoms with Gasteiger partial charge in [0, 0.05) is 18.2 Å². The maximum atomic E-state index is 13.1. The molecule has 0 spiro atoms. The molecule has 14 heteroatoms. The van der Waals surface area contributed by atoms with E-state index in [-0.39, 0.29) is 64.5 Å². The number of ether oxygens (including phenoxy) is 1. The van der Waals surface area contributed by atoms with Gasteiger partial charge >= 0.3 is 5.97 Å². The Morgan fingerprint density at radius 1 is 0.976 bits per heavy atom. The number of anilines is 1. The van der Waals surface area contributed by atoms with Gasteiger partial charge in [0.1, 0.15) is 11.5 Å². The summed E-state index contributed by atoms with van der Waals surface area (Å²) in [6.45, 7) is 1.43. The molecule has 0 saturated carbocycles. The quantitative estimate of drug-likeness (QED) is 0.125. The van der Waals surface area contributed by atoms with Gasteiger partial charge in [-0.2, -0.15) is 5.10 Å². The van der Waals surface area contributed by atoms with Crippen molar-refractivity contribution in [2.24, 2.45) is 12.8 Å². The molecule has 42 heavy (non-hydrogen) atoms. The SMILES string of the molecule is Cc1occ(CCCc2nn(C)c(C(N)=O)c2NC(=O)c2ccc(O)c(O)c2)c(=O)c1OC(=O)c1ccc(O)c(O)c1. The average molecular weight is 579 g/mol. The van der Waals surface area contributed by atoms with Gasteiger partial charge in [-0.15, -0.1) is 0 Å². The molecule has 2 heterocycles. The molecule has 0 fully saturated rings. The fourth-order valence-electron chi connectivity index (χ4n) is 4.13. The number of hydrogen-bond acceptors (Lipinski definition) is 11. The van der Waals surface area contributed by atoms with Gasteiger partial charge in [-0.25, -0.2) is 4.79 Å². The molecule has 0 saturated heterocycles. The minimum Gasteiger partial charge on any atom is -0.504 e. The van der Waals surface area contributed by atoms with E-state index in [1.165, 1.54) is 37.0 Å². The molecular weight excluding hydrogens is 552 g/mol. The molecule has 14 nitrogen and oxygen atoms in total. The number of benzene rings is 2. The summed E-state index contributed by atoms with van der Waals surface area (Å²) in [5, 5.41) is 45.2. The van der Waals surface area contributed by atoms with Crippen LogP contribution in [-0.4, -0.2) is 48.0 Å². The van der Waals surface area contributed by atoms with E-state index in [0.29, 0.717) is 0 Å². The first-order valence-electron chi connectivity index (χ1n) is 12.4. The minimum absolute atomic E-state index is 0.00243. The predicted octanol–water partition coefficient (Wildman–Crippen LogP) is 2.25. The second-order valence-corrected chi connectivity index (χ2v) is 9.24. The number of rotatable bonds is 9. The van der Waals surface area contributed by atoms with Crippen LogP contribution < -0.4 is 21.2 Å². The first kappa shape index (κ1) is 29.2. The Kier molecular flexibility index (Phi) is 8.17. The van der Waals surface area contributed by atoms with Crippen molar-refractivity contribution in [3.05, 3.63) is 86.7 Å². The van der Waals surface area contributed by atoms with Crippen LogP contribution in [0, 0.1) is 6.92 Å². The first-order valence-corrected chi connectivity index (χ1v) is 12.4. The van der Waals surface area contributed by atoms with Gasteiger partial charge in [0.15, 0.2) is 23.0 Å². The molecule has 2 aromatic heterocycles. The number of amides is 2. The van der Waals surface area contributed by atoms with Crippen molar-refractivity contribution >= 4 is 23.5 Å². The molecule has 4 rings (SSSR count). The zero-order valence-electron chi connectivity index (χ0n) is 22.4. The molecule has 0 unspecified atom stereocenters. The molecule has 2 aromatic carbocycles. The van der Waals surface area contributed by atoms with E-state index in [9.17, 15) is 39.6 Å². The Morgan fingerprint density at radius 2 is 1.60 bits per heavy atom. The molecule has 7 N–H and O–H groups in total. The van der Waals surface area contributed by atoms with Crippen LogP contribution in [0.1, 0.15) is 54.6 Å². The highest BCUT2D eigenvalue weighted by Crippen LogP contribution is 2.28. The maximum absolute atomic E-state index is 13.1. The fraction of sp³-hybridized carbons (Fsp3) is 0.179. The maximum Gasteiger partial charge on any atom is 0.343 e. The van der Waals surface area contributed by atoms with Gasteiger partial charge < -0.3 is 40.6 Å². The Hall–Kier alpha value is -5.79. The summed E-state index contributed by atoms with van der Waals surface area (Å²) in [7, 11) is 1.47. The lowest BCUT2D eigenvalue weighted by atomic mass is 10.1. The number of nitrogens with two attached hydrogens (primary N) is 1. The number of nitrogens with zero attached hydrogens (tertiary/aromatic N) is 2. The van der Waals surface area contributed by atoms with Gasteiger partial charge in [0.05, 0.1) is 23.2 Å². The second-order valence-electron chi connectivity index (χ2n) is 9.24. The van der Waals surface area contributed by atoms with Crippen LogP contribution in [0.2, 0.25) is 0 Å². The Labute approximate surface area is 237 Å². The number of phenols is 4. The van der Waals surface area contributed by atoms with E-state index in [0.717, 1.165) is 24.3 Å². The standard InChI is InChI=1S/C28H26N4O10/c1-13-25(42-28(40)15-7-9-19(34)21(36)11-15)24(37)16(12-41-13)4-3-5-17-22(23(26(29)38)32(2)31-17)30-27(39)14-6-8-18(33)20(35)10-14/h6-12,33-36H,3-5H2,1-2H3,(H2,29,38)(H,30,39). The molecular formula is C28H26N4O10. The van der Waals surface area contributed by atoms with Gasteiger partial charge in [0.2, 0.25) is 11.2 Å². The van der Waals surface area contributed by atoms with Gasteiger partial charge in [0.25, 0.3) is 11.8 Å². The summed E-state index contributed by atoms with van der Waals surface area (Å²) >= 11 is 0. The Balaban J connectivity index is 1.52. The van der Waals surface area contributed by atoms with Crippen molar-refractivity contribution < 1.29 is 44.0 Å². The molecule has 4 aromatic rings. The number of nitrogens with one attached hydrogen (secondary N) is 1. The van der Waals surface area contributed by atoms with Crippen LogP contribution in [-0.2, 0) is 19.9 Å². The van der Waals surface area contributed by atoms with E-state index < -0.39 is 46.2 Å². The largest absolute Gasteiger partial charge is 0.504 e. The van der Waals surface area contributed by atoms with E-state index in [2.05, 4.69) is 10.4 Å². The molecule has 0 bridgehead atoms. The lowest BCUT2D eigenvalue weighted by Gasteiger charge is -2.09. The third-order valence-electron chi connectivity index (χ3n) is 6.29. The normalized spacial score (nSPS) is 10.8. The number of carbonyl (C=O) groups excluding carboxylic acids is 3. The van der Waals surface area contributed by atoms with Crippen molar-refractivity contribution in [1.29, 1.82) is 0 Å². The van der Waals surface area contributed by atoms with Crippen LogP contribution >= 0.6 is 0 Å². The third kappa shape index (κ3) is 6.01. The number of aromatic hydroxyl groups is 4. The lowest BCUT2D eigenvalue weighted by Crippen LogP contribution is -2.20. The van der Waals surface area contributed by atoms with Gasteiger partial charge in [-0.05, 0) is 62.6 Å². The van der Waals surface area contributed by atoms with Crippen molar-refractivity contribution in [2.75, 3.05) is 5.32 Å². The predicted molar refractivity (Wildman–Crippen MR) is 146 cm³/mol. The van der Waals surface area contributed by atoms with Gasteiger partial charge in [-0.1, -0.05) is 0 Å². The van der Waals surface area contributed by atoms with Crippen LogP contribution in [0.5, 0.6) is 28.7 Å². The zero-order valence-corrected chi connectivity index (χ0v) is 22.4. The Bertz CT molecular complexity index is 1770. The summed E-state index contributed by atoms with van der Waals surface area (Å²) in [6.07, 6.45) is 1.82. The average Bonchev–Trinajstić information content (AvgIpc) is 3.25. The monoisotopic (exact) mass is 578 g/mol. The van der Waals surface area contributed by atoms with Crippen LogP contribution in [0.3, 0.4) is 0 Å². The number of primary amides is 1. The van der Waals surface area contributed by atoms with Crippen molar-refractivity contribution in [1.82, 2.24) is 9.78 Å². The van der Waals surface area contributed by atoms with Crippen LogP contribution in [0.15, 0.2) is 51.9 Å². The number of hydrogen-bond donors (Lipinski definition) is 6. The van der Waals surface area contributed by atoms with Gasteiger partial charge in [-0.3, -0.25) is 19.1 Å². The summed E-state index contributed by atoms with van der Waals surface area (Å²) in [5.74, 6) is -4.69. The number of phenolic OH excluding ortho intramolecular Hbond substituents is 4. The number of aromatic nitrogens is 2. The molecule has 0 radical (unpaired) electrons. The summed E-state index contributed by atoms with van der Waals surface area (Å²) in [4.78, 5) is 50.6. The lowest BCUT2D eigenvalue weighted by molar-refractivity contribution is 0.0725.